The lowest BCUT2D eigenvalue weighted by Gasteiger charge is -2.31. The Morgan fingerprint density at radius 1 is 0.500 bits per heavy atom. The zero-order valence-corrected chi connectivity index (χ0v) is 20.5. The van der Waals surface area contributed by atoms with E-state index in [1.807, 2.05) is 0 Å². The van der Waals surface area contributed by atoms with E-state index in [-0.39, 0.29) is 0 Å². The molecular formula is C32H32OP+. The summed E-state index contributed by atoms with van der Waals surface area (Å²) in [6.45, 7) is 0.623. The molecule has 0 N–H and O–H groups in total. The van der Waals surface area contributed by atoms with Crippen molar-refractivity contribution < 1.29 is 4.74 Å². The van der Waals surface area contributed by atoms with E-state index < -0.39 is 7.26 Å². The second kappa shape index (κ2) is 10.9. The molecule has 0 saturated carbocycles. The molecule has 0 bridgehead atoms. The first-order valence-corrected chi connectivity index (χ1v) is 14.1. The van der Waals surface area contributed by atoms with E-state index in [4.69, 9.17) is 4.74 Å². The van der Waals surface area contributed by atoms with Gasteiger partial charge < -0.3 is 4.74 Å². The van der Waals surface area contributed by atoms with E-state index in [1.54, 1.807) is 0 Å². The van der Waals surface area contributed by atoms with E-state index in [9.17, 15) is 0 Å². The molecule has 0 fully saturated rings. The topological polar surface area (TPSA) is 9.23 Å². The van der Waals surface area contributed by atoms with Gasteiger partial charge in [0.1, 0.15) is 40.9 Å². The molecule has 1 aliphatic carbocycles. The van der Waals surface area contributed by atoms with Crippen LogP contribution in [0.1, 0.15) is 37.7 Å². The zero-order chi connectivity index (χ0) is 23.1. The second-order valence-corrected chi connectivity index (χ2v) is 12.3. The van der Waals surface area contributed by atoms with Crippen LogP contribution < -0.4 is 15.9 Å². The van der Waals surface area contributed by atoms with E-state index in [0.29, 0.717) is 6.61 Å². The van der Waals surface area contributed by atoms with Crippen molar-refractivity contribution in [3.05, 3.63) is 138 Å². The monoisotopic (exact) mass is 463 g/mol. The molecule has 170 valence electrons. The first kappa shape index (κ1) is 22.6. The largest absolute Gasteiger partial charge is 0.489 e. The predicted molar refractivity (Wildman–Crippen MR) is 146 cm³/mol. The normalized spacial score (nSPS) is 14.5. The summed E-state index contributed by atoms with van der Waals surface area (Å²) in [6.07, 6.45) is 5.74. The Hall–Kier alpha value is -3.15. The van der Waals surface area contributed by atoms with Gasteiger partial charge in [0.25, 0.3) is 0 Å². The van der Waals surface area contributed by atoms with Crippen molar-refractivity contribution in [3.63, 3.8) is 0 Å². The third kappa shape index (κ3) is 4.59. The third-order valence-corrected chi connectivity index (χ3v) is 11.2. The molecular weight excluding hydrogens is 431 g/mol. The Balaban J connectivity index is 1.76. The fourth-order valence-corrected chi connectivity index (χ4v) is 9.89. The van der Waals surface area contributed by atoms with Crippen LogP contribution in [0.15, 0.2) is 132 Å². The zero-order valence-electron chi connectivity index (χ0n) is 19.6. The molecule has 0 aliphatic heterocycles. The van der Waals surface area contributed by atoms with Crippen molar-refractivity contribution in [1.82, 2.24) is 0 Å². The van der Waals surface area contributed by atoms with Crippen LogP contribution in [-0.4, -0.2) is 0 Å². The Morgan fingerprint density at radius 2 is 0.941 bits per heavy atom. The van der Waals surface area contributed by atoms with Crippen molar-refractivity contribution >= 4 is 23.2 Å². The van der Waals surface area contributed by atoms with Crippen LogP contribution in [-0.2, 0) is 11.3 Å². The van der Waals surface area contributed by atoms with Crippen molar-refractivity contribution in [2.75, 3.05) is 0 Å². The minimum atomic E-state index is -2.08. The highest BCUT2D eigenvalue weighted by molar-refractivity contribution is 7.99. The lowest BCUT2D eigenvalue weighted by atomic mass is 10.2. The van der Waals surface area contributed by atoms with Gasteiger partial charge in [-0.1, -0.05) is 91.3 Å². The van der Waals surface area contributed by atoms with Crippen LogP contribution in [0.2, 0.25) is 0 Å². The Morgan fingerprint density at radius 3 is 1.44 bits per heavy atom. The summed E-state index contributed by atoms with van der Waals surface area (Å²) in [5, 5.41) is 5.74. The smallest absolute Gasteiger partial charge is 0.143 e. The summed E-state index contributed by atoms with van der Waals surface area (Å²) in [7, 11) is -2.08. The van der Waals surface area contributed by atoms with Crippen molar-refractivity contribution in [2.24, 2.45) is 0 Å². The number of hydrogen-bond donors (Lipinski definition) is 0. The first-order chi connectivity index (χ1) is 16.9. The van der Waals surface area contributed by atoms with Crippen LogP contribution >= 0.6 is 7.26 Å². The van der Waals surface area contributed by atoms with Gasteiger partial charge in [0, 0.05) is 12.8 Å². The minimum absolute atomic E-state index is 0.623. The molecule has 0 amide bonds. The Bertz CT molecular complexity index is 1100. The highest BCUT2D eigenvalue weighted by Crippen LogP contribution is 2.65. The highest BCUT2D eigenvalue weighted by atomic mass is 31.2. The van der Waals surface area contributed by atoms with Crippen LogP contribution in [0, 0.1) is 0 Å². The second-order valence-electron chi connectivity index (χ2n) is 8.88. The molecule has 0 atom stereocenters. The number of hydrogen-bond acceptors (Lipinski definition) is 1. The van der Waals surface area contributed by atoms with Crippen LogP contribution in [0.3, 0.4) is 0 Å². The maximum absolute atomic E-state index is 6.74. The van der Waals surface area contributed by atoms with Crippen LogP contribution in [0.4, 0.5) is 0 Å². The van der Waals surface area contributed by atoms with Gasteiger partial charge in [0.05, 0.1) is 0 Å². The van der Waals surface area contributed by atoms with Gasteiger partial charge in [-0.15, -0.1) is 0 Å². The van der Waals surface area contributed by atoms with Gasteiger partial charge in [-0.2, -0.15) is 0 Å². The maximum atomic E-state index is 6.74. The summed E-state index contributed by atoms with van der Waals surface area (Å²) >= 11 is 0. The third-order valence-electron chi connectivity index (χ3n) is 6.73. The summed E-state index contributed by atoms with van der Waals surface area (Å²) in [5.41, 5.74) is 1.22. The Kier molecular flexibility index (Phi) is 7.22. The lowest BCUT2D eigenvalue weighted by molar-refractivity contribution is 0.187. The van der Waals surface area contributed by atoms with Gasteiger partial charge in [0.2, 0.25) is 0 Å². The number of benzene rings is 4. The Labute approximate surface area is 204 Å². The molecule has 4 aromatic carbocycles. The molecule has 5 rings (SSSR count). The van der Waals surface area contributed by atoms with Gasteiger partial charge >= 0.3 is 0 Å². The molecule has 0 heterocycles. The number of rotatable bonds is 7. The van der Waals surface area contributed by atoms with Crippen molar-refractivity contribution in [1.29, 1.82) is 0 Å². The summed E-state index contributed by atoms with van der Waals surface area (Å²) < 4.78 is 6.74. The van der Waals surface area contributed by atoms with Crippen LogP contribution in [0.5, 0.6) is 0 Å². The fraction of sp³-hybridized carbons (Fsp3) is 0.188. The minimum Gasteiger partial charge on any atom is -0.489 e. The molecule has 4 aromatic rings. The van der Waals surface area contributed by atoms with Gasteiger partial charge in [-0.25, -0.2) is 0 Å². The van der Waals surface area contributed by atoms with Gasteiger partial charge in [-0.05, 0) is 54.8 Å². The molecule has 0 aromatic heterocycles. The molecule has 34 heavy (non-hydrogen) atoms. The van der Waals surface area contributed by atoms with Crippen molar-refractivity contribution in [2.45, 2.75) is 38.7 Å². The number of ether oxygens (including phenoxy) is 1. The molecule has 0 unspecified atom stereocenters. The average Bonchev–Trinajstić information content (AvgIpc) is 3.16. The standard InChI is InChI=1S/C32H32OP/c1-6-16-27(17-7-1)26-33-31-24-14-5-15-25-32(31)34(28-18-8-2-9-19-28,29-20-10-3-11-21-29)30-22-12-4-13-23-30/h1-4,6-13,16-23H,5,14-15,24-26H2/q+1. The van der Waals surface area contributed by atoms with Crippen molar-refractivity contribution in [3.8, 4) is 0 Å². The molecule has 0 saturated heterocycles. The highest BCUT2D eigenvalue weighted by Gasteiger charge is 2.51. The average molecular weight is 464 g/mol. The van der Waals surface area contributed by atoms with Gasteiger partial charge in [0.15, 0.2) is 0 Å². The molecule has 1 nitrogen and oxygen atoms in total. The summed E-state index contributed by atoms with van der Waals surface area (Å²) in [4.78, 5) is 0. The van der Waals surface area contributed by atoms with E-state index in [0.717, 1.165) is 12.8 Å². The fourth-order valence-electron chi connectivity index (χ4n) is 5.16. The van der Waals surface area contributed by atoms with Gasteiger partial charge in [-0.3, -0.25) is 0 Å². The van der Waals surface area contributed by atoms with E-state index >= 15 is 0 Å². The first-order valence-electron chi connectivity index (χ1n) is 12.3. The number of allylic oxidation sites excluding steroid dienone is 2. The molecule has 0 spiro atoms. The molecule has 0 radical (unpaired) electrons. The summed E-state index contributed by atoms with van der Waals surface area (Å²) in [6, 6.07) is 44.1. The lowest BCUT2D eigenvalue weighted by Crippen LogP contribution is -2.33. The van der Waals surface area contributed by atoms with E-state index in [2.05, 4.69) is 121 Å². The maximum Gasteiger partial charge on any atom is 0.143 e. The van der Waals surface area contributed by atoms with Crippen LogP contribution in [0.25, 0.3) is 0 Å². The SMILES string of the molecule is c1ccc(COC2=C([P+](c3ccccc3)(c3ccccc3)c3ccccc3)CCCCC2)cc1. The van der Waals surface area contributed by atoms with E-state index in [1.165, 1.54) is 51.8 Å². The summed E-state index contributed by atoms with van der Waals surface area (Å²) in [5.74, 6) is 1.21. The predicted octanol–water partition coefficient (Wildman–Crippen LogP) is 7.37. The quantitative estimate of drug-likeness (QED) is 0.260. The molecule has 2 heteroatoms. The molecule has 1 aliphatic rings.